The van der Waals surface area contributed by atoms with Gasteiger partial charge in [-0.25, -0.2) is 8.42 Å². The molecule has 0 radical (unpaired) electrons. The number of methoxy groups -OCH3 is 1. The maximum atomic E-state index is 13.6. The number of hydrogen-bond donors (Lipinski definition) is 0. The molecule has 1 saturated heterocycles. The van der Waals surface area contributed by atoms with E-state index in [2.05, 4.69) is 51.1 Å². The average molecular weight is 454 g/mol. The van der Waals surface area contributed by atoms with Crippen LogP contribution in [-0.2, 0) is 26.6 Å². The van der Waals surface area contributed by atoms with Crippen LogP contribution >= 0.6 is 0 Å². The molecule has 5 heteroatoms. The Balaban J connectivity index is 1.65. The number of rotatable bonds is 5. The normalized spacial score (nSPS) is 24.6. The van der Waals surface area contributed by atoms with Gasteiger partial charge >= 0.3 is 0 Å². The van der Waals surface area contributed by atoms with Crippen LogP contribution in [-0.4, -0.2) is 39.0 Å². The van der Waals surface area contributed by atoms with E-state index in [1.54, 1.807) is 23.5 Å². The van der Waals surface area contributed by atoms with Crippen LogP contribution < -0.4 is 0 Å². The van der Waals surface area contributed by atoms with Crippen molar-refractivity contribution in [3.05, 3.63) is 77.4 Å². The van der Waals surface area contributed by atoms with Gasteiger partial charge in [-0.3, -0.25) is 0 Å². The fourth-order valence-electron chi connectivity index (χ4n) is 5.17. The van der Waals surface area contributed by atoms with E-state index in [9.17, 15) is 8.42 Å². The fourth-order valence-corrected chi connectivity index (χ4v) is 6.69. The zero-order chi connectivity index (χ0) is 23.0. The van der Waals surface area contributed by atoms with Crippen molar-refractivity contribution in [3.63, 3.8) is 0 Å². The van der Waals surface area contributed by atoms with Crippen LogP contribution in [0.25, 0.3) is 0 Å². The van der Waals surface area contributed by atoms with Crippen molar-refractivity contribution >= 4 is 10.0 Å². The maximum Gasteiger partial charge on any atom is 0.243 e. The lowest BCUT2D eigenvalue weighted by Gasteiger charge is -2.47. The minimum atomic E-state index is -3.55. The van der Waals surface area contributed by atoms with Gasteiger partial charge in [0.25, 0.3) is 0 Å². The molecule has 0 aromatic heterocycles. The first-order valence-electron chi connectivity index (χ1n) is 11.5. The Morgan fingerprint density at radius 1 is 1.06 bits per heavy atom. The minimum Gasteiger partial charge on any atom is -0.377 e. The molecule has 0 saturated carbocycles. The number of piperidine rings is 1. The predicted octanol–water partition coefficient (Wildman–Crippen LogP) is 5.34. The first-order valence-corrected chi connectivity index (χ1v) is 13.0. The number of sulfonamides is 1. The molecule has 0 amide bonds. The van der Waals surface area contributed by atoms with Gasteiger partial charge in [0.2, 0.25) is 10.0 Å². The predicted molar refractivity (Wildman–Crippen MR) is 129 cm³/mol. The second-order valence-electron chi connectivity index (χ2n) is 10.3. The quantitative estimate of drug-likeness (QED) is 0.574. The van der Waals surface area contributed by atoms with Gasteiger partial charge in [-0.2, -0.15) is 4.31 Å². The third-order valence-corrected chi connectivity index (χ3v) is 8.99. The SMILES string of the molecule is COC1C=C2CCN(S(=O)(=O)c3ccc(C(C)(C)C)cc3)C[C@@]2(Cc2ccccc2)CC1. The van der Waals surface area contributed by atoms with Gasteiger partial charge in [0, 0.05) is 25.6 Å². The van der Waals surface area contributed by atoms with E-state index < -0.39 is 10.0 Å². The smallest absolute Gasteiger partial charge is 0.243 e. The van der Waals surface area contributed by atoms with Gasteiger partial charge in [0.1, 0.15) is 0 Å². The molecule has 172 valence electrons. The molecule has 2 aromatic carbocycles. The molecule has 4 nitrogen and oxygen atoms in total. The van der Waals surface area contributed by atoms with E-state index in [1.807, 2.05) is 18.2 Å². The molecule has 0 spiro atoms. The second-order valence-corrected chi connectivity index (χ2v) is 12.2. The largest absolute Gasteiger partial charge is 0.377 e. The number of ether oxygens (including phenoxy) is 1. The summed E-state index contributed by atoms with van der Waals surface area (Å²) in [4.78, 5) is 0.387. The van der Waals surface area contributed by atoms with E-state index in [0.717, 1.165) is 31.2 Å². The fraction of sp³-hybridized carbons (Fsp3) is 0.481. The Morgan fingerprint density at radius 2 is 1.75 bits per heavy atom. The molecule has 2 atom stereocenters. The molecule has 1 aliphatic heterocycles. The summed E-state index contributed by atoms with van der Waals surface area (Å²) in [6.45, 7) is 7.45. The molecule has 1 heterocycles. The summed E-state index contributed by atoms with van der Waals surface area (Å²) in [6, 6.07) is 17.9. The van der Waals surface area contributed by atoms with Crippen molar-refractivity contribution < 1.29 is 13.2 Å². The first kappa shape index (κ1) is 23.2. The van der Waals surface area contributed by atoms with Gasteiger partial charge in [-0.1, -0.05) is 74.9 Å². The van der Waals surface area contributed by atoms with Crippen LogP contribution in [0, 0.1) is 5.41 Å². The summed E-state index contributed by atoms with van der Waals surface area (Å²) in [5.74, 6) is 0. The molecule has 2 aromatic rings. The van der Waals surface area contributed by atoms with Crippen molar-refractivity contribution in [2.24, 2.45) is 5.41 Å². The van der Waals surface area contributed by atoms with Crippen molar-refractivity contribution in [3.8, 4) is 0 Å². The van der Waals surface area contributed by atoms with Gasteiger partial charge < -0.3 is 4.74 Å². The van der Waals surface area contributed by atoms with Crippen molar-refractivity contribution in [1.29, 1.82) is 0 Å². The Hall–Kier alpha value is -1.95. The number of hydrogen-bond acceptors (Lipinski definition) is 3. The Labute approximate surface area is 193 Å². The third-order valence-electron chi connectivity index (χ3n) is 7.13. The minimum absolute atomic E-state index is 0.00710. The van der Waals surface area contributed by atoms with E-state index >= 15 is 0 Å². The molecule has 0 N–H and O–H groups in total. The summed E-state index contributed by atoms with van der Waals surface area (Å²) in [5.41, 5.74) is 3.57. The highest BCUT2D eigenvalue weighted by atomic mass is 32.2. The van der Waals surface area contributed by atoms with Gasteiger partial charge in [0.05, 0.1) is 11.0 Å². The van der Waals surface area contributed by atoms with Crippen LogP contribution in [0.1, 0.15) is 51.2 Å². The lowest BCUT2D eigenvalue weighted by atomic mass is 9.66. The van der Waals surface area contributed by atoms with Crippen molar-refractivity contribution in [2.45, 2.75) is 62.9 Å². The highest BCUT2D eigenvalue weighted by molar-refractivity contribution is 7.89. The lowest BCUT2D eigenvalue weighted by molar-refractivity contribution is 0.0884. The van der Waals surface area contributed by atoms with Gasteiger partial charge in [-0.15, -0.1) is 0 Å². The number of fused-ring (bicyclic) bond motifs is 1. The Kier molecular flexibility index (Phi) is 6.36. The molecule has 32 heavy (non-hydrogen) atoms. The first-order chi connectivity index (χ1) is 15.1. The highest BCUT2D eigenvalue weighted by Crippen LogP contribution is 2.47. The summed E-state index contributed by atoms with van der Waals surface area (Å²) < 4.78 is 34.6. The van der Waals surface area contributed by atoms with Crippen LogP contribution in [0.2, 0.25) is 0 Å². The van der Waals surface area contributed by atoms with E-state index in [1.165, 1.54) is 11.1 Å². The zero-order valence-corrected chi connectivity index (χ0v) is 20.5. The maximum absolute atomic E-state index is 13.6. The van der Waals surface area contributed by atoms with Crippen molar-refractivity contribution in [1.82, 2.24) is 4.31 Å². The Morgan fingerprint density at radius 3 is 2.38 bits per heavy atom. The second kappa shape index (κ2) is 8.77. The van der Waals surface area contributed by atoms with E-state index in [-0.39, 0.29) is 16.9 Å². The highest BCUT2D eigenvalue weighted by Gasteiger charge is 2.45. The molecule has 1 fully saturated rings. The molecule has 1 aliphatic carbocycles. The Bertz CT molecular complexity index is 1070. The summed E-state index contributed by atoms with van der Waals surface area (Å²) in [7, 11) is -1.79. The summed E-state index contributed by atoms with van der Waals surface area (Å²) in [5, 5.41) is 0. The third kappa shape index (κ3) is 4.57. The van der Waals surface area contributed by atoms with Crippen LogP contribution in [0.5, 0.6) is 0 Å². The van der Waals surface area contributed by atoms with E-state index in [4.69, 9.17) is 4.74 Å². The monoisotopic (exact) mass is 453 g/mol. The van der Waals surface area contributed by atoms with E-state index in [0.29, 0.717) is 18.0 Å². The topological polar surface area (TPSA) is 46.6 Å². The molecule has 0 bridgehead atoms. The summed E-state index contributed by atoms with van der Waals surface area (Å²) >= 11 is 0. The van der Waals surface area contributed by atoms with Gasteiger partial charge in [-0.05, 0) is 54.4 Å². The van der Waals surface area contributed by atoms with Crippen LogP contribution in [0.3, 0.4) is 0 Å². The number of benzene rings is 2. The molecule has 2 aliphatic rings. The molecular formula is C27H35NO3S. The molecule has 4 rings (SSSR count). The zero-order valence-electron chi connectivity index (χ0n) is 19.7. The van der Waals surface area contributed by atoms with Crippen LogP contribution in [0.4, 0.5) is 0 Å². The van der Waals surface area contributed by atoms with Crippen LogP contribution in [0.15, 0.2) is 71.1 Å². The van der Waals surface area contributed by atoms with Gasteiger partial charge in [0.15, 0.2) is 0 Å². The summed E-state index contributed by atoms with van der Waals surface area (Å²) in [6.07, 6.45) is 5.84. The lowest BCUT2D eigenvalue weighted by Crippen LogP contribution is -2.50. The number of nitrogens with zero attached hydrogens (tertiary/aromatic N) is 1. The molecule has 1 unspecified atom stereocenters. The van der Waals surface area contributed by atoms with Crippen molar-refractivity contribution in [2.75, 3.05) is 20.2 Å². The standard InChI is InChI=1S/C27H35NO3S/c1-26(2,3)22-10-12-25(13-11-22)32(29,30)28-17-15-23-18-24(31-4)14-16-27(23,20-28)19-21-8-6-5-7-9-21/h5-13,18,24H,14-17,19-20H2,1-4H3/t24?,27-/m0/s1. The average Bonchev–Trinajstić information content (AvgIpc) is 2.78. The molecular weight excluding hydrogens is 418 g/mol.